The molecule has 0 spiro atoms. The standard InChI is InChI=1S/4C11H17.2C8H9O.2C7H7O.2Ti/c4*1-2-3-4-5-8-11-9-6-7-10-11;2*1-2-9-8-6-4-3-5-7-8;2*1-8-7-5-3-2-4-6-7;;/h4*6-7,9-10H,2-5,8H2,1H3;2*3-4,6-7H,2H2,1H3;2*2-3,5-6H,1H3;;/q8*-1;2*+4. The molecule has 8 aromatic rings. The monoisotopic (exact) mass is 1150 g/mol. The SMILES string of the molecule is CCCCCC[c-]1cccc1.CCCCCC[c-]1cccc1.CCCCCC[c-]1cccc1.CCCCCC[c-]1cccc1.CCOc1c[c-]ccc1.CCOc1c[c-]ccc1.COc1c[c-]ccc1.COc1c[c-]ccc1.[Ti+4].[Ti+4]. The molecular formula is C74H100O4Ti2. The summed E-state index contributed by atoms with van der Waals surface area (Å²) in [6.45, 7) is 14.4. The zero-order valence-corrected chi connectivity index (χ0v) is 53.8. The summed E-state index contributed by atoms with van der Waals surface area (Å²) in [7, 11) is 3.28. The number of ether oxygens (including phenoxy) is 4. The van der Waals surface area contributed by atoms with Crippen LogP contribution in [-0.4, -0.2) is 27.4 Å². The predicted octanol–water partition coefficient (Wildman–Crippen LogP) is 20.9. The number of methoxy groups -OCH3 is 2. The number of unbranched alkanes of at least 4 members (excludes halogenated alkanes) is 12. The summed E-state index contributed by atoms with van der Waals surface area (Å²) in [6.07, 6.45) is 27.0. The molecule has 0 unspecified atom stereocenters. The number of benzene rings is 4. The van der Waals surface area contributed by atoms with Crippen molar-refractivity contribution < 1.29 is 62.4 Å². The quantitative estimate of drug-likeness (QED) is 0.0308. The van der Waals surface area contributed by atoms with Crippen LogP contribution < -0.4 is 18.9 Å². The summed E-state index contributed by atoms with van der Waals surface area (Å²) in [5.41, 5.74) is 6.00. The van der Waals surface area contributed by atoms with Gasteiger partial charge in [0.1, 0.15) is 0 Å². The van der Waals surface area contributed by atoms with Crippen LogP contribution in [-0.2, 0) is 69.1 Å². The fourth-order valence-electron chi connectivity index (χ4n) is 7.62. The average molecular weight is 1150 g/mol. The van der Waals surface area contributed by atoms with E-state index in [1.54, 1.807) is 26.4 Å². The molecule has 0 fully saturated rings. The Morgan fingerprint density at radius 3 is 0.688 bits per heavy atom. The molecule has 8 aromatic carbocycles. The largest absolute Gasteiger partial charge is 4.00 e. The van der Waals surface area contributed by atoms with Gasteiger partial charge in [0.15, 0.2) is 0 Å². The molecule has 428 valence electrons. The van der Waals surface area contributed by atoms with Gasteiger partial charge in [-0.2, -0.15) is 144 Å². The molecular weight excluding hydrogens is 1050 g/mol. The van der Waals surface area contributed by atoms with Crippen molar-refractivity contribution in [1.82, 2.24) is 0 Å². The van der Waals surface area contributed by atoms with E-state index in [1.165, 1.54) is 151 Å². The van der Waals surface area contributed by atoms with Crippen LogP contribution in [0.3, 0.4) is 0 Å². The van der Waals surface area contributed by atoms with Gasteiger partial charge in [-0.15, -0.1) is 48.5 Å². The maximum absolute atomic E-state index is 5.17. The topological polar surface area (TPSA) is 36.9 Å². The Bertz CT molecular complexity index is 2010. The van der Waals surface area contributed by atoms with Crippen LogP contribution in [0.15, 0.2) is 194 Å². The zero-order chi connectivity index (χ0) is 56.5. The number of hydrogen-bond donors (Lipinski definition) is 0. The van der Waals surface area contributed by atoms with Gasteiger partial charge in [0, 0.05) is 23.0 Å². The molecule has 0 aliphatic carbocycles. The van der Waals surface area contributed by atoms with Gasteiger partial charge in [0.2, 0.25) is 0 Å². The molecule has 0 heterocycles. The van der Waals surface area contributed by atoms with Crippen molar-refractivity contribution in [3.05, 3.63) is 241 Å². The van der Waals surface area contributed by atoms with Gasteiger partial charge in [-0.25, -0.2) is 48.5 Å². The predicted molar refractivity (Wildman–Crippen MR) is 336 cm³/mol. The van der Waals surface area contributed by atoms with Crippen molar-refractivity contribution in [3.63, 3.8) is 0 Å². The molecule has 0 N–H and O–H groups in total. The van der Waals surface area contributed by atoms with E-state index >= 15 is 0 Å². The number of hydrogen-bond acceptors (Lipinski definition) is 4. The molecule has 0 aliphatic heterocycles. The minimum Gasteiger partial charge on any atom is -0.554 e. The van der Waals surface area contributed by atoms with Gasteiger partial charge >= 0.3 is 43.4 Å². The van der Waals surface area contributed by atoms with E-state index in [0.29, 0.717) is 0 Å². The third kappa shape index (κ3) is 47.7. The second-order valence-corrected chi connectivity index (χ2v) is 18.6. The summed E-state index contributed by atoms with van der Waals surface area (Å²) in [6, 6.07) is 76.1. The molecule has 0 amide bonds. The third-order valence-electron chi connectivity index (χ3n) is 12.0. The van der Waals surface area contributed by atoms with Gasteiger partial charge in [-0.3, -0.25) is 0 Å². The van der Waals surface area contributed by atoms with Crippen molar-refractivity contribution in [2.45, 2.75) is 170 Å². The van der Waals surface area contributed by atoms with Crippen molar-refractivity contribution in [2.75, 3.05) is 27.4 Å². The van der Waals surface area contributed by atoms with E-state index in [2.05, 4.69) is 149 Å². The summed E-state index contributed by atoms with van der Waals surface area (Å²) in [4.78, 5) is 0. The van der Waals surface area contributed by atoms with Crippen molar-refractivity contribution >= 4 is 0 Å². The van der Waals surface area contributed by atoms with E-state index in [0.717, 1.165) is 36.2 Å². The molecule has 0 saturated carbocycles. The summed E-state index contributed by atoms with van der Waals surface area (Å²) in [5.74, 6) is 3.49. The Morgan fingerprint density at radius 2 is 0.525 bits per heavy atom. The van der Waals surface area contributed by atoms with Gasteiger partial charge in [-0.05, 0) is 13.8 Å². The fourth-order valence-corrected chi connectivity index (χ4v) is 7.62. The Morgan fingerprint density at radius 1 is 0.300 bits per heavy atom. The minimum atomic E-state index is 0. The van der Waals surface area contributed by atoms with E-state index in [1.807, 2.05) is 98.8 Å². The Kier molecular flexibility index (Phi) is 57.7. The average Bonchev–Trinajstić information content (AvgIpc) is 4.38. The summed E-state index contributed by atoms with van der Waals surface area (Å²) in [5, 5.41) is 0. The zero-order valence-electron chi connectivity index (χ0n) is 50.7. The van der Waals surface area contributed by atoms with Gasteiger partial charge in [0.25, 0.3) is 0 Å². The summed E-state index contributed by atoms with van der Waals surface area (Å²) >= 11 is 0. The molecule has 0 aliphatic rings. The molecule has 6 heteroatoms. The second-order valence-electron chi connectivity index (χ2n) is 18.6. The van der Waals surface area contributed by atoms with E-state index < -0.39 is 0 Å². The molecule has 0 atom stereocenters. The molecule has 4 nitrogen and oxygen atoms in total. The first kappa shape index (κ1) is 77.0. The molecule has 8 rings (SSSR count). The summed E-state index contributed by atoms with van der Waals surface area (Å²) < 4.78 is 20.1. The smallest absolute Gasteiger partial charge is 0.554 e. The number of rotatable bonds is 26. The Balaban J connectivity index is 0. The molecule has 0 saturated heterocycles. The maximum Gasteiger partial charge on any atom is 4.00 e. The van der Waals surface area contributed by atoms with E-state index in [-0.39, 0.29) is 43.4 Å². The van der Waals surface area contributed by atoms with Crippen molar-refractivity contribution in [2.24, 2.45) is 0 Å². The second kappa shape index (κ2) is 60.0. The van der Waals surface area contributed by atoms with Gasteiger partial charge in [-0.1, -0.05) is 156 Å². The van der Waals surface area contributed by atoms with Crippen LogP contribution in [0.25, 0.3) is 0 Å². The fraction of sp³-hybridized carbons (Fsp3) is 0.405. The molecule has 0 radical (unpaired) electrons. The van der Waals surface area contributed by atoms with Gasteiger partial charge < -0.3 is 18.9 Å². The molecule has 0 aromatic heterocycles. The van der Waals surface area contributed by atoms with Crippen molar-refractivity contribution in [3.8, 4) is 23.0 Å². The molecule has 80 heavy (non-hydrogen) atoms. The first-order chi connectivity index (χ1) is 38.5. The van der Waals surface area contributed by atoms with Crippen LogP contribution in [0, 0.1) is 24.3 Å². The Labute approximate surface area is 519 Å². The first-order valence-electron chi connectivity index (χ1n) is 29.5. The third-order valence-corrected chi connectivity index (χ3v) is 12.0. The normalized spacial score (nSPS) is 9.40. The Hall–Kier alpha value is -5.09. The number of aryl methyl sites for hydroxylation is 4. The van der Waals surface area contributed by atoms with Crippen molar-refractivity contribution in [1.29, 1.82) is 0 Å². The van der Waals surface area contributed by atoms with E-state index in [9.17, 15) is 0 Å². The minimum absolute atomic E-state index is 0. The molecule has 0 bridgehead atoms. The van der Waals surface area contributed by atoms with E-state index in [4.69, 9.17) is 18.9 Å². The van der Waals surface area contributed by atoms with Crippen LogP contribution >= 0.6 is 0 Å². The van der Waals surface area contributed by atoms with Gasteiger partial charge in [0.05, 0.1) is 27.4 Å². The first-order valence-corrected chi connectivity index (χ1v) is 29.5. The van der Waals surface area contributed by atoms with Crippen LogP contribution in [0.2, 0.25) is 0 Å². The van der Waals surface area contributed by atoms with Crippen LogP contribution in [0.4, 0.5) is 0 Å². The maximum atomic E-state index is 5.17. The van der Waals surface area contributed by atoms with Crippen LogP contribution in [0.1, 0.15) is 167 Å². The van der Waals surface area contributed by atoms with Crippen LogP contribution in [0.5, 0.6) is 23.0 Å².